The maximum absolute atomic E-state index is 11.8. The van der Waals surface area contributed by atoms with Gasteiger partial charge in [0.05, 0.1) is 16.8 Å². The fraction of sp³-hybridized carbons (Fsp3) is 0.478. The summed E-state index contributed by atoms with van der Waals surface area (Å²) in [6.07, 6.45) is 1.86. The van der Waals surface area contributed by atoms with E-state index in [2.05, 4.69) is 4.90 Å². The van der Waals surface area contributed by atoms with Crippen LogP contribution in [0.4, 0.5) is 5.82 Å². The quantitative estimate of drug-likeness (QED) is 0.648. The van der Waals surface area contributed by atoms with Gasteiger partial charge in [0.25, 0.3) is 0 Å². The van der Waals surface area contributed by atoms with Gasteiger partial charge in [-0.3, -0.25) is 4.79 Å². The summed E-state index contributed by atoms with van der Waals surface area (Å²) in [4.78, 5) is 26.1. The predicted octanol–water partition coefficient (Wildman–Crippen LogP) is 2.69. The van der Waals surface area contributed by atoms with Crippen LogP contribution in [0.5, 0.6) is 0 Å². The molecule has 0 N–H and O–H groups in total. The molecular formula is C23H28N6O2. The standard InChI is InChI=1S/C23H28N6O2/c1-16-20-22(28-12-10-27(11-13-28)17(2)30)24-21(18-8-14-31-15-9-18)25-23(20)29(26-16)19-6-4-3-5-7-19/h3-7,18H,8-15H2,1-2H3. The van der Waals surface area contributed by atoms with Gasteiger partial charge in [0.2, 0.25) is 5.91 Å². The van der Waals surface area contributed by atoms with Gasteiger partial charge < -0.3 is 14.5 Å². The molecule has 162 valence electrons. The summed E-state index contributed by atoms with van der Waals surface area (Å²) in [5, 5.41) is 5.84. The van der Waals surface area contributed by atoms with Crippen LogP contribution in [0.3, 0.4) is 0 Å². The Morgan fingerprint density at radius 3 is 2.42 bits per heavy atom. The van der Waals surface area contributed by atoms with Crippen molar-refractivity contribution in [1.29, 1.82) is 0 Å². The van der Waals surface area contributed by atoms with Crippen LogP contribution in [0, 0.1) is 6.92 Å². The van der Waals surface area contributed by atoms with Crippen LogP contribution in [0.25, 0.3) is 16.7 Å². The average molecular weight is 421 g/mol. The second-order valence-electron chi connectivity index (χ2n) is 8.32. The molecule has 2 fully saturated rings. The number of aromatic nitrogens is 4. The number of rotatable bonds is 3. The van der Waals surface area contributed by atoms with Gasteiger partial charge >= 0.3 is 0 Å². The Morgan fingerprint density at radius 1 is 1.03 bits per heavy atom. The molecule has 2 aliphatic rings. The number of amides is 1. The maximum Gasteiger partial charge on any atom is 0.219 e. The molecule has 0 saturated carbocycles. The predicted molar refractivity (Wildman–Crippen MR) is 119 cm³/mol. The number of hydrogen-bond donors (Lipinski definition) is 0. The minimum atomic E-state index is 0.128. The summed E-state index contributed by atoms with van der Waals surface area (Å²) < 4.78 is 7.50. The molecule has 0 spiro atoms. The Morgan fingerprint density at radius 2 is 1.74 bits per heavy atom. The first-order chi connectivity index (χ1) is 15.1. The Labute approximate surface area is 181 Å². The molecule has 4 heterocycles. The lowest BCUT2D eigenvalue weighted by Gasteiger charge is -2.35. The van der Waals surface area contributed by atoms with E-state index in [1.165, 1.54) is 0 Å². The Bertz CT molecular complexity index is 1080. The average Bonchev–Trinajstić information content (AvgIpc) is 3.16. The molecule has 31 heavy (non-hydrogen) atoms. The summed E-state index contributed by atoms with van der Waals surface area (Å²) >= 11 is 0. The van der Waals surface area contributed by atoms with Crippen molar-refractivity contribution in [2.45, 2.75) is 32.6 Å². The van der Waals surface area contributed by atoms with Gasteiger partial charge in [0.1, 0.15) is 11.6 Å². The highest BCUT2D eigenvalue weighted by Gasteiger charge is 2.28. The molecule has 0 radical (unpaired) electrons. The van der Waals surface area contributed by atoms with E-state index < -0.39 is 0 Å². The van der Waals surface area contributed by atoms with Crippen molar-refractivity contribution in [3.8, 4) is 5.69 Å². The van der Waals surface area contributed by atoms with E-state index in [1.54, 1.807) is 6.92 Å². The minimum absolute atomic E-state index is 0.128. The topological polar surface area (TPSA) is 76.4 Å². The van der Waals surface area contributed by atoms with E-state index >= 15 is 0 Å². The summed E-state index contributed by atoms with van der Waals surface area (Å²) in [6, 6.07) is 10.1. The number of carbonyl (C=O) groups excluding carboxylic acids is 1. The maximum atomic E-state index is 11.8. The summed E-state index contributed by atoms with van der Waals surface area (Å²) in [5.41, 5.74) is 2.76. The summed E-state index contributed by atoms with van der Waals surface area (Å²) in [6.45, 7) is 8.08. The second kappa shape index (κ2) is 8.26. The third kappa shape index (κ3) is 3.76. The molecule has 2 aromatic heterocycles. The van der Waals surface area contributed by atoms with E-state index in [-0.39, 0.29) is 11.8 Å². The zero-order chi connectivity index (χ0) is 21.4. The fourth-order valence-corrected chi connectivity index (χ4v) is 4.53. The van der Waals surface area contributed by atoms with Gasteiger partial charge in [0.15, 0.2) is 5.65 Å². The van der Waals surface area contributed by atoms with E-state index in [0.29, 0.717) is 13.1 Å². The number of para-hydroxylation sites is 1. The number of hydrogen-bond acceptors (Lipinski definition) is 6. The normalized spacial score (nSPS) is 18.0. The Hall–Kier alpha value is -3.00. The molecule has 0 bridgehead atoms. The van der Waals surface area contributed by atoms with Crippen molar-refractivity contribution >= 4 is 22.8 Å². The number of fused-ring (bicyclic) bond motifs is 1. The number of anilines is 1. The first-order valence-corrected chi connectivity index (χ1v) is 11.0. The van der Waals surface area contributed by atoms with E-state index in [0.717, 1.165) is 73.2 Å². The van der Waals surface area contributed by atoms with Crippen LogP contribution in [-0.4, -0.2) is 69.9 Å². The van der Waals surface area contributed by atoms with Gasteiger partial charge in [0, 0.05) is 52.2 Å². The largest absolute Gasteiger partial charge is 0.381 e. The molecule has 8 heteroatoms. The van der Waals surface area contributed by atoms with Gasteiger partial charge in [-0.25, -0.2) is 14.6 Å². The highest BCUT2D eigenvalue weighted by molar-refractivity contribution is 5.91. The molecule has 3 aromatic rings. The molecule has 1 aromatic carbocycles. The molecule has 0 aliphatic carbocycles. The third-order valence-electron chi connectivity index (χ3n) is 6.31. The van der Waals surface area contributed by atoms with Crippen molar-refractivity contribution in [2.24, 2.45) is 0 Å². The van der Waals surface area contributed by atoms with Crippen molar-refractivity contribution in [1.82, 2.24) is 24.6 Å². The molecule has 5 rings (SSSR count). The molecule has 0 atom stereocenters. The van der Waals surface area contributed by atoms with E-state index in [4.69, 9.17) is 19.8 Å². The zero-order valence-corrected chi connectivity index (χ0v) is 18.1. The van der Waals surface area contributed by atoms with Crippen LogP contribution < -0.4 is 4.90 Å². The van der Waals surface area contributed by atoms with Crippen molar-refractivity contribution in [3.05, 3.63) is 41.9 Å². The first kappa shape index (κ1) is 19.9. The Balaban J connectivity index is 1.63. The van der Waals surface area contributed by atoms with Gasteiger partial charge in [-0.15, -0.1) is 0 Å². The van der Waals surface area contributed by atoms with Gasteiger partial charge in [-0.2, -0.15) is 5.10 Å². The van der Waals surface area contributed by atoms with Crippen LogP contribution in [0.1, 0.15) is 37.2 Å². The lowest BCUT2D eigenvalue weighted by Crippen LogP contribution is -2.48. The van der Waals surface area contributed by atoms with Crippen molar-refractivity contribution in [3.63, 3.8) is 0 Å². The van der Waals surface area contributed by atoms with E-state index in [9.17, 15) is 4.79 Å². The van der Waals surface area contributed by atoms with Crippen LogP contribution in [-0.2, 0) is 9.53 Å². The number of nitrogens with zero attached hydrogens (tertiary/aromatic N) is 6. The first-order valence-electron chi connectivity index (χ1n) is 11.0. The smallest absolute Gasteiger partial charge is 0.219 e. The Kier molecular flexibility index (Phi) is 5.31. The van der Waals surface area contributed by atoms with E-state index in [1.807, 2.05) is 46.8 Å². The highest BCUT2D eigenvalue weighted by Crippen LogP contribution is 2.33. The zero-order valence-electron chi connectivity index (χ0n) is 18.1. The van der Waals surface area contributed by atoms with Crippen molar-refractivity contribution in [2.75, 3.05) is 44.3 Å². The second-order valence-corrected chi connectivity index (χ2v) is 8.32. The number of carbonyl (C=O) groups is 1. The minimum Gasteiger partial charge on any atom is -0.381 e. The lowest BCUT2D eigenvalue weighted by molar-refractivity contribution is -0.129. The van der Waals surface area contributed by atoms with Gasteiger partial charge in [-0.05, 0) is 31.9 Å². The fourth-order valence-electron chi connectivity index (χ4n) is 4.53. The molecule has 0 unspecified atom stereocenters. The lowest BCUT2D eigenvalue weighted by atomic mass is 9.99. The monoisotopic (exact) mass is 420 g/mol. The third-order valence-corrected chi connectivity index (χ3v) is 6.31. The summed E-state index contributed by atoms with van der Waals surface area (Å²) in [5.74, 6) is 2.23. The highest BCUT2D eigenvalue weighted by atomic mass is 16.5. The molecular weight excluding hydrogens is 392 g/mol. The number of piperazine rings is 1. The molecule has 8 nitrogen and oxygen atoms in total. The van der Waals surface area contributed by atoms with Crippen LogP contribution in [0.2, 0.25) is 0 Å². The van der Waals surface area contributed by atoms with Crippen LogP contribution in [0.15, 0.2) is 30.3 Å². The van der Waals surface area contributed by atoms with Gasteiger partial charge in [-0.1, -0.05) is 18.2 Å². The van der Waals surface area contributed by atoms with Crippen molar-refractivity contribution < 1.29 is 9.53 Å². The molecule has 2 aliphatic heterocycles. The number of benzene rings is 1. The van der Waals surface area contributed by atoms with Crippen LogP contribution >= 0.6 is 0 Å². The molecule has 2 saturated heterocycles. The number of aryl methyl sites for hydroxylation is 1. The number of ether oxygens (including phenoxy) is 1. The summed E-state index contributed by atoms with van der Waals surface area (Å²) in [7, 11) is 0. The molecule has 1 amide bonds. The SMILES string of the molecule is CC(=O)N1CCN(c2nc(C3CCOCC3)nc3c2c(C)nn3-c2ccccc2)CC1.